The number of thioether (sulfide) groups is 1. The van der Waals surface area contributed by atoms with Crippen molar-refractivity contribution in [2.24, 2.45) is 5.73 Å². The van der Waals surface area contributed by atoms with E-state index in [4.69, 9.17) is 10.5 Å². The Bertz CT molecular complexity index is 350. The molecule has 0 bridgehead atoms. The van der Waals surface area contributed by atoms with Gasteiger partial charge in [-0.2, -0.15) is 11.8 Å². The highest BCUT2D eigenvalue weighted by molar-refractivity contribution is 7.98. The summed E-state index contributed by atoms with van der Waals surface area (Å²) in [6.07, 6.45) is 19.3. The maximum Gasteiger partial charge on any atom is 0.330 e. The molecular weight excluding hydrogens is 346 g/mol. The van der Waals surface area contributed by atoms with Crippen molar-refractivity contribution < 1.29 is 14.3 Å². The fourth-order valence-corrected chi connectivity index (χ4v) is 3.38. The van der Waals surface area contributed by atoms with Crippen LogP contribution in [0, 0.1) is 0 Å². The lowest BCUT2D eigenvalue weighted by Gasteiger charge is -2.09. The van der Waals surface area contributed by atoms with Crippen molar-refractivity contribution in [1.29, 1.82) is 0 Å². The predicted octanol–water partition coefficient (Wildman–Crippen LogP) is 5.62. The van der Waals surface area contributed by atoms with Crippen LogP contribution in [0.5, 0.6) is 0 Å². The summed E-state index contributed by atoms with van der Waals surface area (Å²) in [6, 6.07) is -0.682. The van der Waals surface area contributed by atoms with Gasteiger partial charge < -0.3 is 10.5 Å². The average Bonchev–Trinajstić information content (AvgIpc) is 2.63. The predicted molar refractivity (Wildman–Crippen MR) is 112 cm³/mol. The lowest BCUT2D eigenvalue weighted by molar-refractivity contribution is -0.160. The van der Waals surface area contributed by atoms with Gasteiger partial charge in [0.25, 0.3) is 0 Å². The summed E-state index contributed by atoms with van der Waals surface area (Å²) < 4.78 is 4.80. The zero-order valence-electron chi connectivity index (χ0n) is 17.1. The summed E-state index contributed by atoms with van der Waals surface area (Å²) >= 11 is 1.62. The van der Waals surface area contributed by atoms with E-state index in [2.05, 4.69) is 6.92 Å². The summed E-state index contributed by atoms with van der Waals surface area (Å²) in [7, 11) is 0. The zero-order valence-corrected chi connectivity index (χ0v) is 17.9. The maximum atomic E-state index is 11.6. The molecule has 0 spiro atoms. The van der Waals surface area contributed by atoms with Crippen molar-refractivity contribution in [3.63, 3.8) is 0 Å². The van der Waals surface area contributed by atoms with Crippen molar-refractivity contribution in [3.05, 3.63) is 0 Å². The molecule has 5 heteroatoms. The van der Waals surface area contributed by atoms with E-state index in [1.807, 2.05) is 6.26 Å². The maximum absolute atomic E-state index is 11.6. The minimum Gasteiger partial charge on any atom is -0.392 e. The van der Waals surface area contributed by atoms with Crippen LogP contribution >= 0.6 is 11.8 Å². The molecule has 1 atom stereocenters. The number of carbonyl (C=O) groups is 2. The molecule has 154 valence electrons. The van der Waals surface area contributed by atoms with Gasteiger partial charge in [0, 0.05) is 6.42 Å². The Hall–Kier alpha value is -0.550. The minimum absolute atomic E-state index is 0.318. The van der Waals surface area contributed by atoms with Crippen LogP contribution in [0.25, 0.3) is 0 Å². The number of hydrogen-bond acceptors (Lipinski definition) is 5. The highest BCUT2D eigenvalue weighted by Crippen LogP contribution is 2.13. The molecule has 0 aromatic rings. The lowest BCUT2D eigenvalue weighted by Crippen LogP contribution is -2.34. The second-order valence-corrected chi connectivity index (χ2v) is 8.16. The molecule has 0 saturated heterocycles. The van der Waals surface area contributed by atoms with Crippen LogP contribution in [0.2, 0.25) is 0 Å². The highest BCUT2D eigenvalue weighted by atomic mass is 32.2. The Labute approximate surface area is 165 Å². The number of esters is 2. The monoisotopic (exact) mass is 387 g/mol. The molecule has 0 radical (unpaired) electrons. The van der Waals surface area contributed by atoms with Crippen LogP contribution in [0.3, 0.4) is 0 Å². The van der Waals surface area contributed by atoms with Gasteiger partial charge in [-0.05, 0) is 24.9 Å². The molecule has 0 aliphatic carbocycles. The van der Waals surface area contributed by atoms with Crippen LogP contribution in [-0.4, -0.2) is 30.0 Å². The second-order valence-electron chi connectivity index (χ2n) is 7.17. The molecule has 0 heterocycles. The summed E-state index contributed by atoms with van der Waals surface area (Å²) in [5, 5.41) is 0. The normalized spacial score (nSPS) is 12.1. The smallest absolute Gasteiger partial charge is 0.330 e. The number of carbonyl (C=O) groups excluding carboxylic acids is 2. The van der Waals surface area contributed by atoms with Crippen molar-refractivity contribution in [1.82, 2.24) is 0 Å². The van der Waals surface area contributed by atoms with E-state index in [1.165, 1.54) is 64.2 Å². The first-order chi connectivity index (χ1) is 12.6. The minimum atomic E-state index is -0.682. The molecule has 2 N–H and O–H groups in total. The average molecular weight is 388 g/mol. The second kappa shape index (κ2) is 19.2. The van der Waals surface area contributed by atoms with E-state index >= 15 is 0 Å². The Morgan fingerprint density at radius 1 is 0.846 bits per heavy atom. The molecular formula is C21H41NO3S. The van der Waals surface area contributed by atoms with Gasteiger partial charge in [-0.1, -0.05) is 84.0 Å². The SMILES string of the molecule is CCCCCCCCCCCCCCCC(=O)OC(=O)C(N)CCSC. The van der Waals surface area contributed by atoms with Crippen molar-refractivity contribution >= 4 is 23.7 Å². The van der Waals surface area contributed by atoms with Gasteiger partial charge in [-0.15, -0.1) is 0 Å². The van der Waals surface area contributed by atoms with Gasteiger partial charge in [0.1, 0.15) is 6.04 Å². The summed E-state index contributed by atoms with van der Waals surface area (Å²) in [4.78, 5) is 23.2. The van der Waals surface area contributed by atoms with Gasteiger partial charge in [0.05, 0.1) is 0 Å². The first kappa shape index (κ1) is 25.4. The van der Waals surface area contributed by atoms with Gasteiger partial charge in [-0.3, -0.25) is 4.79 Å². The third kappa shape index (κ3) is 16.9. The molecule has 0 saturated carbocycles. The van der Waals surface area contributed by atoms with Crippen molar-refractivity contribution in [2.45, 2.75) is 109 Å². The Morgan fingerprint density at radius 2 is 1.31 bits per heavy atom. The van der Waals surface area contributed by atoms with Crippen LogP contribution < -0.4 is 5.73 Å². The van der Waals surface area contributed by atoms with E-state index in [0.29, 0.717) is 12.8 Å². The molecule has 0 aliphatic rings. The molecule has 0 rings (SSSR count). The van der Waals surface area contributed by atoms with E-state index in [9.17, 15) is 9.59 Å². The zero-order chi connectivity index (χ0) is 19.5. The lowest BCUT2D eigenvalue weighted by atomic mass is 10.0. The van der Waals surface area contributed by atoms with Crippen LogP contribution in [-0.2, 0) is 14.3 Å². The Kier molecular flexibility index (Phi) is 18.8. The number of rotatable bonds is 18. The largest absolute Gasteiger partial charge is 0.392 e. The summed E-state index contributed by atoms with van der Waals surface area (Å²) in [5.74, 6) is -0.222. The van der Waals surface area contributed by atoms with Gasteiger partial charge in [-0.25, -0.2) is 4.79 Å². The van der Waals surface area contributed by atoms with Gasteiger partial charge in [0.15, 0.2) is 0 Å². The molecule has 0 fully saturated rings. The first-order valence-corrected chi connectivity index (χ1v) is 12.0. The van der Waals surface area contributed by atoms with Gasteiger partial charge >= 0.3 is 11.9 Å². The topological polar surface area (TPSA) is 69.4 Å². The summed E-state index contributed by atoms with van der Waals surface area (Å²) in [6.45, 7) is 2.26. The summed E-state index contributed by atoms with van der Waals surface area (Å²) in [5.41, 5.74) is 5.69. The third-order valence-corrected chi connectivity index (χ3v) is 5.28. The standard InChI is InChI=1S/C21H41NO3S/c1-3-4-5-6-7-8-9-10-11-12-13-14-15-16-20(23)25-21(24)19(22)17-18-26-2/h19H,3-18,22H2,1-2H3. The number of hydrogen-bond donors (Lipinski definition) is 1. The molecule has 26 heavy (non-hydrogen) atoms. The fraction of sp³-hybridized carbons (Fsp3) is 0.905. The van der Waals surface area contributed by atoms with E-state index < -0.39 is 18.0 Å². The fourth-order valence-electron chi connectivity index (χ4n) is 2.89. The molecule has 0 amide bonds. The number of ether oxygens (including phenoxy) is 1. The molecule has 1 unspecified atom stereocenters. The molecule has 0 aromatic heterocycles. The number of unbranched alkanes of at least 4 members (excludes halogenated alkanes) is 12. The Morgan fingerprint density at radius 3 is 1.77 bits per heavy atom. The quantitative estimate of drug-likeness (QED) is 0.188. The van der Waals surface area contributed by atoms with Crippen LogP contribution in [0.4, 0.5) is 0 Å². The Balaban J connectivity index is 3.36. The number of nitrogens with two attached hydrogens (primary N) is 1. The van der Waals surface area contributed by atoms with E-state index in [1.54, 1.807) is 11.8 Å². The van der Waals surface area contributed by atoms with Crippen LogP contribution in [0.1, 0.15) is 103 Å². The van der Waals surface area contributed by atoms with E-state index in [0.717, 1.165) is 25.0 Å². The van der Waals surface area contributed by atoms with E-state index in [-0.39, 0.29) is 0 Å². The van der Waals surface area contributed by atoms with Crippen molar-refractivity contribution in [2.75, 3.05) is 12.0 Å². The third-order valence-electron chi connectivity index (χ3n) is 4.63. The van der Waals surface area contributed by atoms with Crippen molar-refractivity contribution in [3.8, 4) is 0 Å². The molecule has 0 aliphatic heterocycles. The molecule has 0 aromatic carbocycles. The highest BCUT2D eigenvalue weighted by Gasteiger charge is 2.17. The van der Waals surface area contributed by atoms with Gasteiger partial charge in [0.2, 0.25) is 0 Å². The first-order valence-electron chi connectivity index (χ1n) is 10.6. The molecule has 4 nitrogen and oxygen atoms in total. The van der Waals surface area contributed by atoms with Crippen LogP contribution in [0.15, 0.2) is 0 Å².